The van der Waals surface area contributed by atoms with Gasteiger partial charge >= 0.3 is 5.97 Å². The molecule has 124 valence electrons. The van der Waals surface area contributed by atoms with Gasteiger partial charge in [0, 0.05) is 38.5 Å². The van der Waals surface area contributed by atoms with E-state index >= 15 is 0 Å². The quantitative estimate of drug-likeness (QED) is 0.864. The molecule has 1 aromatic carbocycles. The first-order valence-corrected chi connectivity index (χ1v) is 7.81. The van der Waals surface area contributed by atoms with Crippen LogP contribution in [0.3, 0.4) is 0 Å². The van der Waals surface area contributed by atoms with Gasteiger partial charge in [0.2, 0.25) is 5.91 Å². The molecule has 5 heteroatoms. The lowest BCUT2D eigenvalue weighted by atomic mass is 9.64. The number of benzene rings is 1. The number of Topliss-reactive ketones (excluding diaryl/α,β-unsaturated/α-hetero) is 1. The first-order chi connectivity index (χ1) is 10.8. The smallest absolute Gasteiger partial charge is 0.302 e. The van der Waals surface area contributed by atoms with Crippen molar-refractivity contribution < 1.29 is 19.1 Å². The molecule has 23 heavy (non-hydrogen) atoms. The van der Waals surface area contributed by atoms with Gasteiger partial charge in [-0.05, 0) is 12.5 Å². The predicted octanol–water partition coefficient (Wildman–Crippen LogP) is 2.21. The number of ketones is 1. The summed E-state index contributed by atoms with van der Waals surface area (Å²) in [6.45, 7) is 4.87. The molecule has 3 atom stereocenters. The zero-order valence-electron chi connectivity index (χ0n) is 13.8. The standard InChI is InChI=1S/C18H23NO4/c1-12(20)19-18(3)15(11-23-13(2)21)9-16(22)10-17(18)14-7-5-4-6-8-14/h4-8,15,17H,9-11H2,1-3H3,(H,19,20)/t15-,17-,18+/m1/s1. The summed E-state index contributed by atoms with van der Waals surface area (Å²) >= 11 is 0. The third-order valence-corrected chi connectivity index (χ3v) is 4.61. The second kappa shape index (κ2) is 6.94. The highest BCUT2D eigenvalue weighted by Crippen LogP contribution is 2.43. The fraction of sp³-hybridized carbons (Fsp3) is 0.500. The largest absolute Gasteiger partial charge is 0.465 e. The van der Waals surface area contributed by atoms with Gasteiger partial charge in [-0.3, -0.25) is 14.4 Å². The van der Waals surface area contributed by atoms with Gasteiger partial charge in [-0.2, -0.15) is 0 Å². The topological polar surface area (TPSA) is 72.5 Å². The van der Waals surface area contributed by atoms with E-state index in [0.29, 0.717) is 12.8 Å². The van der Waals surface area contributed by atoms with Crippen LogP contribution in [0.4, 0.5) is 0 Å². The molecule has 0 saturated heterocycles. The number of ether oxygens (including phenoxy) is 1. The number of hydrogen-bond acceptors (Lipinski definition) is 4. The van der Waals surface area contributed by atoms with Crippen molar-refractivity contribution in [3.8, 4) is 0 Å². The minimum absolute atomic E-state index is 0.124. The number of esters is 1. The van der Waals surface area contributed by atoms with E-state index in [2.05, 4.69) is 5.32 Å². The van der Waals surface area contributed by atoms with E-state index in [-0.39, 0.29) is 36.1 Å². The predicted molar refractivity (Wildman–Crippen MR) is 85.8 cm³/mol. The van der Waals surface area contributed by atoms with E-state index in [4.69, 9.17) is 4.74 Å². The molecule has 1 aliphatic rings. The summed E-state index contributed by atoms with van der Waals surface area (Å²) in [5.74, 6) is -0.810. The summed E-state index contributed by atoms with van der Waals surface area (Å²) in [6.07, 6.45) is 0.671. The number of carbonyl (C=O) groups excluding carboxylic acids is 3. The zero-order chi connectivity index (χ0) is 17.0. The van der Waals surface area contributed by atoms with Crippen LogP contribution < -0.4 is 5.32 Å². The van der Waals surface area contributed by atoms with Crippen LogP contribution in [-0.4, -0.2) is 29.8 Å². The van der Waals surface area contributed by atoms with Crippen LogP contribution in [0.5, 0.6) is 0 Å². The lowest BCUT2D eigenvalue weighted by molar-refractivity contribution is -0.146. The van der Waals surface area contributed by atoms with Crippen LogP contribution in [0, 0.1) is 5.92 Å². The summed E-state index contributed by atoms with van der Waals surface area (Å²) in [6, 6.07) is 9.69. The van der Waals surface area contributed by atoms with Gasteiger partial charge in [-0.1, -0.05) is 30.3 Å². The fourth-order valence-corrected chi connectivity index (χ4v) is 3.46. The maximum atomic E-state index is 12.2. The molecule has 5 nitrogen and oxygen atoms in total. The zero-order valence-corrected chi connectivity index (χ0v) is 13.8. The van der Waals surface area contributed by atoms with Gasteiger partial charge in [-0.25, -0.2) is 0 Å². The van der Waals surface area contributed by atoms with Crippen LogP contribution in [0.25, 0.3) is 0 Å². The van der Waals surface area contributed by atoms with Gasteiger partial charge in [0.05, 0.1) is 12.1 Å². The molecule has 2 rings (SSSR count). The van der Waals surface area contributed by atoms with Crippen molar-refractivity contribution in [3.05, 3.63) is 35.9 Å². The van der Waals surface area contributed by atoms with Gasteiger partial charge in [-0.15, -0.1) is 0 Å². The van der Waals surface area contributed by atoms with Gasteiger partial charge in [0.25, 0.3) is 0 Å². The highest BCUT2D eigenvalue weighted by Gasteiger charge is 2.48. The third-order valence-electron chi connectivity index (χ3n) is 4.61. The number of rotatable bonds is 4. The molecular formula is C18H23NO4. The van der Waals surface area contributed by atoms with Crippen molar-refractivity contribution in [1.82, 2.24) is 5.32 Å². The van der Waals surface area contributed by atoms with Crippen molar-refractivity contribution >= 4 is 17.7 Å². The molecule has 0 aliphatic heterocycles. The number of amides is 1. The van der Waals surface area contributed by atoms with E-state index in [1.54, 1.807) is 0 Å². The van der Waals surface area contributed by atoms with E-state index in [9.17, 15) is 14.4 Å². The Morgan fingerprint density at radius 2 is 1.87 bits per heavy atom. The van der Waals surface area contributed by atoms with Crippen LogP contribution in [-0.2, 0) is 19.1 Å². The Labute approximate surface area is 136 Å². The van der Waals surface area contributed by atoms with Crippen molar-refractivity contribution in [2.24, 2.45) is 5.92 Å². The molecule has 0 radical (unpaired) electrons. The second-order valence-electron chi connectivity index (χ2n) is 6.37. The minimum Gasteiger partial charge on any atom is -0.465 e. The Morgan fingerprint density at radius 1 is 1.22 bits per heavy atom. The van der Waals surface area contributed by atoms with E-state index < -0.39 is 5.54 Å². The summed E-state index contributed by atoms with van der Waals surface area (Å²) in [5.41, 5.74) is 0.362. The molecule has 0 spiro atoms. The molecule has 0 heterocycles. The minimum atomic E-state index is -0.642. The average Bonchev–Trinajstić information content (AvgIpc) is 2.48. The Balaban J connectivity index is 2.38. The molecule has 1 aromatic rings. The molecule has 0 bridgehead atoms. The highest BCUT2D eigenvalue weighted by atomic mass is 16.5. The highest BCUT2D eigenvalue weighted by molar-refractivity contribution is 5.82. The lowest BCUT2D eigenvalue weighted by Gasteiger charge is -2.47. The Morgan fingerprint density at radius 3 is 2.43 bits per heavy atom. The number of hydrogen-bond donors (Lipinski definition) is 1. The maximum absolute atomic E-state index is 12.2. The van der Waals surface area contributed by atoms with Crippen LogP contribution in [0.2, 0.25) is 0 Å². The monoisotopic (exact) mass is 317 g/mol. The average molecular weight is 317 g/mol. The van der Waals surface area contributed by atoms with E-state index in [1.165, 1.54) is 13.8 Å². The van der Waals surface area contributed by atoms with Crippen LogP contribution >= 0.6 is 0 Å². The Bertz CT molecular complexity index is 598. The first kappa shape index (κ1) is 17.2. The van der Waals surface area contributed by atoms with Gasteiger partial charge < -0.3 is 10.1 Å². The normalized spacial score (nSPS) is 27.3. The first-order valence-electron chi connectivity index (χ1n) is 7.81. The SMILES string of the molecule is CC(=O)N[C@@]1(C)[C@@H](COC(C)=O)CC(=O)C[C@@H]1c1ccccc1. The molecule has 1 aliphatic carbocycles. The van der Waals surface area contributed by atoms with E-state index in [0.717, 1.165) is 5.56 Å². The summed E-state index contributed by atoms with van der Waals surface area (Å²) in [7, 11) is 0. The van der Waals surface area contributed by atoms with Crippen molar-refractivity contribution in [1.29, 1.82) is 0 Å². The second-order valence-corrected chi connectivity index (χ2v) is 6.37. The summed E-state index contributed by atoms with van der Waals surface area (Å²) < 4.78 is 5.15. The van der Waals surface area contributed by atoms with Crippen LogP contribution in [0.15, 0.2) is 30.3 Å². The van der Waals surface area contributed by atoms with Crippen LogP contribution in [0.1, 0.15) is 45.1 Å². The molecule has 1 N–H and O–H groups in total. The molecular weight excluding hydrogens is 294 g/mol. The van der Waals surface area contributed by atoms with Gasteiger partial charge in [0.1, 0.15) is 5.78 Å². The number of nitrogens with one attached hydrogen (secondary N) is 1. The number of carbonyl (C=O) groups is 3. The third kappa shape index (κ3) is 3.97. The molecule has 1 fully saturated rings. The Kier molecular flexibility index (Phi) is 5.19. The Hall–Kier alpha value is -2.17. The molecule has 0 aromatic heterocycles. The summed E-state index contributed by atoms with van der Waals surface area (Å²) in [4.78, 5) is 35.1. The van der Waals surface area contributed by atoms with Crippen molar-refractivity contribution in [2.75, 3.05) is 6.61 Å². The van der Waals surface area contributed by atoms with E-state index in [1.807, 2.05) is 37.3 Å². The molecule has 1 saturated carbocycles. The lowest BCUT2D eigenvalue weighted by Crippen LogP contribution is -2.59. The molecule has 0 unspecified atom stereocenters. The van der Waals surface area contributed by atoms with Gasteiger partial charge in [0.15, 0.2) is 0 Å². The van der Waals surface area contributed by atoms with Crippen molar-refractivity contribution in [2.45, 2.75) is 45.1 Å². The fourth-order valence-electron chi connectivity index (χ4n) is 3.46. The summed E-state index contributed by atoms with van der Waals surface area (Å²) in [5, 5.41) is 3.02. The van der Waals surface area contributed by atoms with Crippen molar-refractivity contribution in [3.63, 3.8) is 0 Å². The maximum Gasteiger partial charge on any atom is 0.302 e. The molecule has 1 amide bonds.